The zero-order chi connectivity index (χ0) is 24.1. The zero-order valence-electron chi connectivity index (χ0n) is 19.4. The molecule has 3 aromatic rings. The molecule has 0 saturated carbocycles. The third kappa shape index (κ3) is 4.95. The summed E-state index contributed by atoms with van der Waals surface area (Å²) in [5.41, 5.74) is 1.55. The third-order valence-electron chi connectivity index (χ3n) is 5.70. The van der Waals surface area contributed by atoms with Crippen molar-refractivity contribution in [3.63, 3.8) is 0 Å². The highest BCUT2D eigenvalue weighted by Gasteiger charge is 2.31. The second-order valence-electron chi connectivity index (χ2n) is 7.81. The van der Waals surface area contributed by atoms with Crippen molar-refractivity contribution in [3.8, 4) is 17.2 Å². The van der Waals surface area contributed by atoms with E-state index in [2.05, 4.69) is 0 Å². The Hall–Kier alpha value is -3.30. The molecule has 0 bridgehead atoms. The summed E-state index contributed by atoms with van der Waals surface area (Å²) >= 11 is 0. The highest BCUT2D eigenvalue weighted by atomic mass is 32.2. The minimum absolute atomic E-state index is 0.101. The van der Waals surface area contributed by atoms with Crippen molar-refractivity contribution in [2.75, 3.05) is 39.4 Å². The van der Waals surface area contributed by atoms with Crippen molar-refractivity contribution < 1.29 is 22.7 Å². The van der Waals surface area contributed by atoms with Gasteiger partial charge in [0.25, 0.3) is 5.91 Å². The largest absolute Gasteiger partial charge is 0.490 e. The molecule has 8 nitrogen and oxygen atoms in total. The molecular weight excluding hydrogens is 454 g/mol. The SMILES string of the molecule is CCOc1ccc(S(=O)(=O)N2CCN(C(=O)c3ccc(-n4cccc4)cc3)CC2)cc1OCC. The molecule has 180 valence electrons. The van der Waals surface area contributed by atoms with E-state index in [4.69, 9.17) is 9.47 Å². The van der Waals surface area contributed by atoms with Crippen molar-refractivity contribution in [1.29, 1.82) is 0 Å². The quantitative estimate of drug-likeness (QED) is 0.490. The van der Waals surface area contributed by atoms with Crippen molar-refractivity contribution in [3.05, 3.63) is 72.6 Å². The molecule has 1 fully saturated rings. The molecule has 1 amide bonds. The average molecular weight is 484 g/mol. The number of hydrogen-bond donors (Lipinski definition) is 0. The summed E-state index contributed by atoms with van der Waals surface area (Å²) in [5.74, 6) is 0.819. The molecule has 0 radical (unpaired) electrons. The van der Waals surface area contributed by atoms with Crippen LogP contribution in [-0.2, 0) is 10.0 Å². The molecule has 1 saturated heterocycles. The van der Waals surface area contributed by atoms with Crippen molar-refractivity contribution in [2.24, 2.45) is 0 Å². The molecule has 1 aliphatic heterocycles. The van der Waals surface area contributed by atoms with Crippen molar-refractivity contribution in [1.82, 2.24) is 13.8 Å². The molecule has 34 heavy (non-hydrogen) atoms. The van der Waals surface area contributed by atoms with E-state index in [1.807, 2.05) is 55.1 Å². The zero-order valence-corrected chi connectivity index (χ0v) is 20.2. The van der Waals surface area contributed by atoms with Crippen LogP contribution in [0.5, 0.6) is 11.5 Å². The maximum absolute atomic E-state index is 13.2. The topological polar surface area (TPSA) is 81.1 Å². The second kappa shape index (κ2) is 10.3. The normalized spacial score (nSPS) is 14.7. The van der Waals surface area contributed by atoms with Gasteiger partial charge in [-0.15, -0.1) is 0 Å². The van der Waals surface area contributed by atoms with Crippen LogP contribution in [0, 0.1) is 0 Å². The van der Waals surface area contributed by atoms with E-state index in [0.717, 1.165) is 5.69 Å². The monoisotopic (exact) mass is 483 g/mol. The summed E-state index contributed by atoms with van der Waals surface area (Å²) in [7, 11) is -3.72. The van der Waals surface area contributed by atoms with Crippen LogP contribution < -0.4 is 9.47 Å². The number of ether oxygens (including phenoxy) is 2. The molecule has 0 N–H and O–H groups in total. The van der Waals surface area contributed by atoms with Gasteiger partial charge < -0.3 is 18.9 Å². The Balaban J connectivity index is 1.42. The lowest BCUT2D eigenvalue weighted by atomic mass is 10.1. The number of amides is 1. The van der Waals surface area contributed by atoms with Gasteiger partial charge in [-0.25, -0.2) is 8.42 Å². The first kappa shape index (κ1) is 23.8. The summed E-state index contributed by atoms with van der Waals surface area (Å²) < 4.78 is 41.0. The van der Waals surface area contributed by atoms with Gasteiger partial charge in [0.15, 0.2) is 11.5 Å². The molecule has 9 heteroatoms. The lowest BCUT2D eigenvalue weighted by Gasteiger charge is -2.34. The lowest BCUT2D eigenvalue weighted by molar-refractivity contribution is 0.0698. The number of hydrogen-bond acceptors (Lipinski definition) is 5. The molecule has 4 rings (SSSR count). The number of rotatable bonds is 8. The van der Waals surface area contributed by atoms with Gasteiger partial charge in [-0.3, -0.25) is 4.79 Å². The first-order valence-corrected chi connectivity index (χ1v) is 12.8. The first-order chi connectivity index (χ1) is 16.4. The fraction of sp³-hybridized carbons (Fsp3) is 0.320. The minimum Gasteiger partial charge on any atom is -0.490 e. The van der Waals surface area contributed by atoms with Gasteiger partial charge in [-0.2, -0.15) is 4.31 Å². The van der Waals surface area contributed by atoms with Gasteiger partial charge in [0.2, 0.25) is 10.0 Å². The van der Waals surface area contributed by atoms with Crippen LogP contribution in [0.3, 0.4) is 0 Å². The number of nitrogens with zero attached hydrogens (tertiary/aromatic N) is 3. The second-order valence-corrected chi connectivity index (χ2v) is 9.75. The van der Waals surface area contributed by atoms with Crippen molar-refractivity contribution >= 4 is 15.9 Å². The standard InChI is InChI=1S/C25H29N3O5S/c1-3-32-23-12-11-22(19-24(23)33-4-2)34(30,31)28-17-15-27(16-18-28)25(29)20-7-9-21(10-8-20)26-13-5-6-14-26/h5-14,19H,3-4,15-18H2,1-2H3. The number of carbonyl (C=O) groups is 1. The highest BCUT2D eigenvalue weighted by Crippen LogP contribution is 2.31. The molecule has 0 atom stereocenters. The van der Waals surface area contributed by atoms with E-state index in [9.17, 15) is 13.2 Å². The Labute approximate surface area is 200 Å². The van der Waals surface area contributed by atoms with Crippen LogP contribution in [0.15, 0.2) is 71.9 Å². The van der Waals surface area contributed by atoms with E-state index in [1.54, 1.807) is 23.1 Å². The van der Waals surface area contributed by atoms with Gasteiger partial charge in [-0.1, -0.05) is 0 Å². The maximum Gasteiger partial charge on any atom is 0.253 e. The summed E-state index contributed by atoms with van der Waals surface area (Å²) in [5, 5.41) is 0. The average Bonchev–Trinajstić information content (AvgIpc) is 3.40. The maximum atomic E-state index is 13.2. The molecule has 2 aromatic carbocycles. The molecule has 0 spiro atoms. The Morgan fingerprint density at radius 3 is 2.09 bits per heavy atom. The Morgan fingerprint density at radius 1 is 0.853 bits per heavy atom. The smallest absolute Gasteiger partial charge is 0.253 e. The lowest BCUT2D eigenvalue weighted by Crippen LogP contribution is -2.50. The van der Waals surface area contributed by atoms with Crippen LogP contribution in [0.25, 0.3) is 5.69 Å². The predicted octanol–water partition coefficient (Wildman–Crippen LogP) is 3.42. The molecule has 1 aromatic heterocycles. The van der Waals surface area contributed by atoms with Crippen LogP contribution >= 0.6 is 0 Å². The predicted molar refractivity (Wildman–Crippen MR) is 129 cm³/mol. The van der Waals surface area contributed by atoms with Gasteiger partial charge >= 0.3 is 0 Å². The Morgan fingerprint density at radius 2 is 1.47 bits per heavy atom. The molecular formula is C25H29N3O5S. The third-order valence-corrected chi connectivity index (χ3v) is 7.59. The van der Waals surface area contributed by atoms with Gasteiger partial charge in [-0.05, 0) is 62.4 Å². The number of benzene rings is 2. The number of aromatic nitrogens is 1. The molecule has 2 heterocycles. The number of carbonyl (C=O) groups excluding carboxylic acids is 1. The van der Waals surface area contributed by atoms with E-state index in [-0.39, 0.29) is 23.9 Å². The van der Waals surface area contributed by atoms with Crippen molar-refractivity contribution in [2.45, 2.75) is 18.7 Å². The van der Waals surface area contributed by atoms with Crippen LogP contribution in [0.2, 0.25) is 0 Å². The van der Waals surface area contributed by atoms with E-state index < -0.39 is 10.0 Å². The van der Waals surface area contributed by atoms with Gasteiger partial charge in [0.1, 0.15) is 0 Å². The van der Waals surface area contributed by atoms with Crippen LogP contribution in [-0.4, -0.2) is 67.5 Å². The first-order valence-electron chi connectivity index (χ1n) is 11.4. The number of sulfonamides is 1. The summed E-state index contributed by atoms with van der Waals surface area (Å²) in [6.07, 6.45) is 3.89. The fourth-order valence-electron chi connectivity index (χ4n) is 3.94. The minimum atomic E-state index is -3.72. The van der Waals surface area contributed by atoms with E-state index >= 15 is 0 Å². The summed E-state index contributed by atoms with van der Waals surface area (Å²) in [6.45, 7) is 5.66. The summed E-state index contributed by atoms with van der Waals surface area (Å²) in [6, 6.07) is 15.9. The molecule has 1 aliphatic rings. The van der Waals surface area contributed by atoms with E-state index in [0.29, 0.717) is 43.4 Å². The Bertz CT molecular complexity index is 1220. The highest BCUT2D eigenvalue weighted by molar-refractivity contribution is 7.89. The fourth-order valence-corrected chi connectivity index (χ4v) is 5.38. The van der Waals surface area contributed by atoms with E-state index in [1.165, 1.54) is 16.4 Å². The van der Waals surface area contributed by atoms with Crippen LogP contribution in [0.4, 0.5) is 0 Å². The molecule has 0 aliphatic carbocycles. The van der Waals surface area contributed by atoms with Crippen LogP contribution in [0.1, 0.15) is 24.2 Å². The van der Waals surface area contributed by atoms with Gasteiger partial charge in [0, 0.05) is 55.9 Å². The number of piperazine rings is 1. The van der Waals surface area contributed by atoms with Gasteiger partial charge in [0.05, 0.1) is 18.1 Å². The summed E-state index contributed by atoms with van der Waals surface area (Å²) in [4.78, 5) is 14.8. The Kier molecular flexibility index (Phi) is 7.23. The molecule has 0 unspecified atom stereocenters.